The van der Waals surface area contributed by atoms with E-state index in [1.54, 1.807) is 0 Å². The van der Waals surface area contributed by atoms with Crippen LogP contribution >= 0.6 is 0 Å². The molecule has 1 aliphatic rings. The zero-order valence-electron chi connectivity index (χ0n) is 6.29. The summed E-state index contributed by atoms with van der Waals surface area (Å²) in [5.41, 5.74) is -0.215. The van der Waals surface area contributed by atoms with Crippen LogP contribution in [0.25, 0.3) is 0 Å². The number of β-amino-alcohol motifs (C(OH)–C–C–N with tert-alkyl or cyclic N) is 1. The van der Waals surface area contributed by atoms with Gasteiger partial charge in [-0.1, -0.05) is 0 Å². The van der Waals surface area contributed by atoms with Gasteiger partial charge < -0.3 is 25.6 Å². The first-order valence-corrected chi connectivity index (χ1v) is 3.53. The number of hydrogen-bond acceptors (Lipinski definition) is 5. The highest BCUT2D eigenvalue weighted by molar-refractivity contribution is 5.86. The lowest BCUT2D eigenvalue weighted by Gasteiger charge is -2.27. The third-order valence-corrected chi connectivity index (χ3v) is 1.89. The number of aliphatic hydroxyl groups excluding tert-OH is 4. The summed E-state index contributed by atoms with van der Waals surface area (Å²) in [6.45, 7) is -0.942. The van der Waals surface area contributed by atoms with Gasteiger partial charge >= 0.3 is 0 Å². The van der Waals surface area contributed by atoms with Crippen molar-refractivity contribution in [3.8, 4) is 0 Å². The molecule has 0 aromatic carbocycles. The Hall–Kier alpha value is -0.690. The third kappa shape index (κ3) is 1.42. The van der Waals surface area contributed by atoms with Crippen LogP contribution in [0.5, 0.6) is 0 Å². The van der Waals surface area contributed by atoms with E-state index in [1.807, 2.05) is 0 Å². The molecule has 12 heavy (non-hydrogen) atoms. The van der Waals surface area contributed by atoms with Crippen LogP contribution in [0.15, 0.2) is 0 Å². The number of hydrogen-bond donors (Lipinski definition) is 4. The minimum atomic E-state index is -1.48. The van der Waals surface area contributed by atoms with E-state index in [9.17, 15) is 5.21 Å². The molecule has 0 radical (unpaired) electrons. The first-order valence-electron chi connectivity index (χ1n) is 3.53. The summed E-state index contributed by atoms with van der Waals surface area (Å²) in [6, 6.07) is 0. The zero-order valence-corrected chi connectivity index (χ0v) is 6.29. The van der Waals surface area contributed by atoms with Gasteiger partial charge in [0, 0.05) is 0 Å². The zero-order chi connectivity index (χ0) is 9.30. The second kappa shape index (κ2) is 3.36. The summed E-state index contributed by atoms with van der Waals surface area (Å²) in [5, 5.41) is 46.7. The van der Waals surface area contributed by atoms with Crippen molar-refractivity contribution < 1.29 is 25.2 Å². The summed E-state index contributed by atoms with van der Waals surface area (Å²) in [6.07, 6.45) is -4.14. The second-order valence-corrected chi connectivity index (χ2v) is 2.71. The summed E-state index contributed by atoms with van der Waals surface area (Å²) in [5.74, 6) is 0. The van der Waals surface area contributed by atoms with E-state index in [0.29, 0.717) is 4.74 Å². The molecule has 70 valence electrons. The molecule has 0 fully saturated rings. The van der Waals surface area contributed by atoms with Crippen molar-refractivity contribution in [2.75, 3.05) is 13.2 Å². The van der Waals surface area contributed by atoms with Crippen molar-refractivity contribution in [1.82, 2.24) is 0 Å². The summed E-state index contributed by atoms with van der Waals surface area (Å²) in [7, 11) is 0. The van der Waals surface area contributed by atoms with Gasteiger partial charge in [0.1, 0.15) is 18.8 Å². The highest BCUT2D eigenvalue weighted by atomic mass is 16.5. The number of rotatable bonds is 1. The van der Waals surface area contributed by atoms with Crippen molar-refractivity contribution in [3.63, 3.8) is 0 Å². The quantitative estimate of drug-likeness (QED) is 0.252. The molecule has 0 spiro atoms. The molecule has 0 aromatic rings. The van der Waals surface area contributed by atoms with Crippen LogP contribution in [0.2, 0.25) is 0 Å². The Morgan fingerprint density at radius 3 is 2.50 bits per heavy atom. The Bertz CT molecular complexity index is 204. The van der Waals surface area contributed by atoms with Gasteiger partial charge in [0.05, 0.1) is 0 Å². The Kier molecular flexibility index (Phi) is 2.63. The highest BCUT2D eigenvalue weighted by Crippen LogP contribution is 2.08. The first-order chi connectivity index (χ1) is 5.57. The van der Waals surface area contributed by atoms with Crippen LogP contribution in [0.3, 0.4) is 0 Å². The van der Waals surface area contributed by atoms with Crippen molar-refractivity contribution in [2.24, 2.45) is 0 Å². The monoisotopic (exact) mass is 177 g/mol. The predicted molar refractivity (Wildman–Crippen MR) is 38.6 cm³/mol. The third-order valence-electron chi connectivity index (χ3n) is 1.89. The van der Waals surface area contributed by atoms with Gasteiger partial charge in [-0.15, -0.1) is 0 Å². The lowest BCUT2D eigenvalue weighted by molar-refractivity contribution is -0.486. The molecular formula is C6H11NO5. The van der Waals surface area contributed by atoms with E-state index in [0.717, 1.165) is 0 Å². The lowest BCUT2D eigenvalue weighted by Crippen LogP contribution is -2.54. The standard InChI is InChI=1S/C6H11NO5/c8-2-3-5(10)6(11)4(9)1-7(3)12/h4-6,8-11H,1-2H2. The van der Waals surface area contributed by atoms with Gasteiger partial charge in [-0.2, -0.15) is 0 Å². The van der Waals surface area contributed by atoms with Gasteiger partial charge in [0.25, 0.3) is 0 Å². The Morgan fingerprint density at radius 2 is 2.00 bits per heavy atom. The van der Waals surface area contributed by atoms with Crippen LogP contribution in [-0.2, 0) is 0 Å². The number of nitrogens with zero attached hydrogens (tertiary/aromatic N) is 1. The van der Waals surface area contributed by atoms with Crippen molar-refractivity contribution in [2.45, 2.75) is 18.3 Å². The topological polar surface area (TPSA) is 107 Å². The number of aliphatic hydroxyl groups is 4. The molecule has 1 rings (SSSR count). The van der Waals surface area contributed by atoms with Crippen LogP contribution < -0.4 is 0 Å². The fraction of sp³-hybridized carbons (Fsp3) is 0.833. The van der Waals surface area contributed by atoms with Crippen molar-refractivity contribution in [3.05, 3.63) is 5.21 Å². The highest BCUT2D eigenvalue weighted by Gasteiger charge is 2.38. The van der Waals surface area contributed by atoms with Crippen LogP contribution in [0, 0.1) is 5.21 Å². The summed E-state index contributed by atoms with van der Waals surface area (Å²) < 4.78 is 0.294. The molecule has 0 amide bonds. The fourth-order valence-electron chi connectivity index (χ4n) is 1.12. The van der Waals surface area contributed by atoms with E-state index in [1.165, 1.54) is 0 Å². The summed E-state index contributed by atoms with van der Waals surface area (Å²) in [4.78, 5) is 0. The molecule has 6 heteroatoms. The second-order valence-electron chi connectivity index (χ2n) is 2.71. The molecule has 1 aliphatic heterocycles. The maximum Gasteiger partial charge on any atom is 0.220 e. The fourth-order valence-corrected chi connectivity index (χ4v) is 1.12. The van der Waals surface area contributed by atoms with Gasteiger partial charge in [-0.25, -0.2) is 4.74 Å². The normalized spacial score (nSPS) is 37.2. The molecular weight excluding hydrogens is 166 g/mol. The average molecular weight is 177 g/mol. The maximum atomic E-state index is 10.9. The van der Waals surface area contributed by atoms with E-state index < -0.39 is 24.9 Å². The van der Waals surface area contributed by atoms with Gasteiger partial charge in [0.2, 0.25) is 5.71 Å². The Balaban J connectivity index is 2.88. The lowest BCUT2D eigenvalue weighted by atomic mass is 10.0. The minimum Gasteiger partial charge on any atom is -0.624 e. The minimum absolute atomic E-state index is 0.215. The van der Waals surface area contributed by atoms with E-state index in [2.05, 4.69) is 0 Å². The summed E-state index contributed by atoms with van der Waals surface area (Å²) >= 11 is 0. The van der Waals surface area contributed by atoms with Crippen LogP contribution in [-0.4, -0.2) is 62.3 Å². The van der Waals surface area contributed by atoms with Crippen LogP contribution in [0.4, 0.5) is 0 Å². The smallest absolute Gasteiger partial charge is 0.220 e. The van der Waals surface area contributed by atoms with Crippen LogP contribution in [0.1, 0.15) is 0 Å². The first kappa shape index (κ1) is 9.40. The van der Waals surface area contributed by atoms with Crippen molar-refractivity contribution >= 4 is 5.71 Å². The van der Waals surface area contributed by atoms with E-state index >= 15 is 0 Å². The van der Waals surface area contributed by atoms with E-state index in [4.69, 9.17) is 20.4 Å². The van der Waals surface area contributed by atoms with Gasteiger partial charge in [0.15, 0.2) is 12.6 Å². The van der Waals surface area contributed by atoms with E-state index in [-0.39, 0.29) is 12.3 Å². The molecule has 0 bridgehead atoms. The maximum absolute atomic E-state index is 10.9. The van der Waals surface area contributed by atoms with Gasteiger partial charge in [-0.3, -0.25) is 0 Å². The van der Waals surface area contributed by atoms with Gasteiger partial charge in [-0.05, 0) is 0 Å². The Morgan fingerprint density at radius 1 is 1.42 bits per heavy atom. The Labute approximate surface area is 68.6 Å². The largest absolute Gasteiger partial charge is 0.624 e. The molecule has 4 N–H and O–H groups in total. The molecule has 0 aromatic heterocycles. The molecule has 0 aliphatic carbocycles. The number of hydroxylamine groups is 1. The molecule has 3 unspecified atom stereocenters. The molecule has 1 heterocycles. The predicted octanol–water partition coefficient (Wildman–Crippen LogP) is -2.97. The van der Waals surface area contributed by atoms with Crippen molar-refractivity contribution in [1.29, 1.82) is 0 Å². The SMILES string of the molecule is [O-][N+]1=C(CO)C(O)C(O)C(O)C1. The molecule has 6 nitrogen and oxygen atoms in total. The molecule has 3 atom stereocenters. The molecule has 0 saturated heterocycles. The molecule has 0 saturated carbocycles. The average Bonchev–Trinajstić information content (AvgIpc) is 2.01.